The smallest absolute Gasteiger partial charge is 0.250 e. The van der Waals surface area contributed by atoms with Crippen molar-refractivity contribution in [2.24, 2.45) is 0 Å². The predicted molar refractivity (Wildman–Crippen MR) is 68.0 cm³/mol. The first-order valence-corrected chi connectivity index (χ1v) is 6.49. The Morgan fingerprint density at radius 1 is 1.39 bits per heavy atom. The Bertz CT molecular complexity index is 457. The Morgan fingerprint density at radius 3 is 2.89 bits per heavy atom. The average molecular weight is 246 g/mol. The monoisotopic (exact) mass is 246 g/mol. The molecule has 2 heterocycles. The van der Waals surface area contributed by atoms with Crippen molar-refractivity contribution >= 4 is 5.91 Å². The van der Waals surface area contributed by atoms with Crippen LogP contribution in [0.4, 0.5) is 0 Å². The van der Waals surface area contributed by atoms with Crippen molar-refractivity contribution in [3.05, 3.63) is 35.4 Å². The molecule has 0 aliphatic carbocycles. The van der Waals surface area contributed by atoms with E-state index >= 15 is 0 Å². The van der Waals surface area contributed by atoms with Crippen LogP contribution < -0.4 is 5.32 Å². The molecule has 0 radical (unpaired) electrons. The van der Waals surface area contributed by atoms with E-state index in [4.69, 9.17) is 4.74 Å². The highest BCUT2D eigenvalue weighted by molar-refractivity contribution is 5.79. The molecule has 2 aliphatic rings. The summed E-state index contributed by atoms with van der Waals surface area (Å²) in [5.74, 6) is 0.0748. The van der Waals surface area contributed by atoms with Crippen molar-refractivity contribution in [3.8, 4) is 0 Å². The van der Waals surface area contributed by atoms with Crippen LogP contribution in [-0.2, 0) is 21.6 Å². The molecule has 96 valence electrons. The fourth-order valence-corrected chi connectivity index (χ4v) is 2.85. The van der Waals surface area contributed by atoms with Gasteiger partial charge in [-0.3, -0.25) is 10.1 Å². The number of morpholine rings is 1. The van der Waals surface area contributed by atoms with Crippen LogP contribution in [0.3, 0.4) is 0 Å². The number of rotatable bonds is 2. The van der Waals surface area contributed by atoms with E-state index in [1.165, 1.54) is 5.56 Å². The highest BCUT2D eigenvalue weighted by Gasteiger charge is 2.47. The highest BCUT2D eigenvalue weighted by Crippen LogP contribution is 2.32. The Labute approximate surface area is 107 Å². The first-order chi connectivity index (χ1) is 8.76. The lowest BCUT2D eigenvalue weighted by Crippen LogP contribution is -2.58. The van der Waals surface area contributed by atoms with Crippen LogP contribution in [0.2, 0.25) is 0 Å². The van der Waals surface area contributed by atoms with E-state index in [0.29, 0.717) is 6.61 Å². The van der Waals surface area contributed by atoms with Gasteiger partial charge in [-0.05, 0) is 17.5 Å². The molecule has 1 aromatic carbocycles. The molecule has 1 aromatic rings. The Hall–Kier alpha value is -1.39. The van der Waals surface area contributed by atoms with Crippen molar-refractivity contribution in [2.45, 2.75) is 19.0 Å². The molecule has 2 saturated heterocycles. The van der Waals surface area contributed by atoms with E-state index in [-0.39, 0.29) is 12.5 Å². The van der Waals surface area contributed by atoms with E-state index in [2.05, 4.69) is 36.5 Å². The number of fused-ring (bicyclic) bond motifs is 1. The van der Waals surface area contributed by atoms with Crippen LogP contribution in [0.1, 0.15) is 18.1 Å². The van der Waals surface area contributed by atoms with Gasteiger partial charge in [0.1, 0.15) is 12.3 Å². The van der Waals surface area contributed by atoms with Crippen molar-refractivity contribution < 1.29 is 9.53 Å². The minimum Gasteiger partial charge on any atom is -0.367 e. The third kappa shape index (κ3) is 1.64. The fraction of sp³-hybridized carbons (Fsp3) is 0.500. The zero-order valence-corrected chi connectivity index (χ0v) is 10.6. The molecule has 1 N–H and O–H groups in total. The van der Waals surface area contributed by atoms with Crippen LogP contribution in [-0.4, -0.2) is 37.1 Å². The molecule has 1 atom stereocenters. The number of hydrogen-bond acceptors (Lipinski definition) is 3. The number of ether oxygens (including phenoxy) is 1. The topological polar surface area (TPSA) is 41.6 Å². The second-order valence-corrected chi connectivity index (χ2v) is 4.88. The van der Waals surface area contributed by atoms with Gasteiger partial charge in [0.15, 0.2) is 0 Å². The normalized spacial score (nSPS) is 27.4. The van der Waals surface area contributed by atoms with Gasteiger partial charge in [-0.15, -0.1) is 0 Å². The van der Waals surface area contributed by atoms with Gasteiger partial charge < -0.3 is 9.64 Å². The van der Waals surface area contributed by atoms with Crippen LogP contribution in [0.25, 0.3) is 0 Å². The summed E-state index contributed by atoms with van der Waals surface area (Å²) < 4.78 is 5.46. The van der Waals surface area contributed by atoms with Crippen molar-refractivity contribution in [1.29, 1.82) is 0 Å². The summed E-state index contributed by atoms with van der Waals surface area (Å²) in [4.78, 5) is 13.9. The van der Waals surface area contributed by atoms with Gasteiger partial charge in [-0.25, -0.2) is 0 Å². The van der Waals surface area contributed by atoms with Gasteiger partial charge in [0.05, 0.1) is 6.61 Å². The van der Waals surface area contributed by atoms with Crippen molar-refractivity contribution in [1.82, 2.24) is 10.2 Å². The Balaban J connectivity index is 1.98. The number of carbonyl (C=O) groups is 1. The maximum Gasteiger partial charge on any atom is 0.250 e. The summed E-state index contributed by atoms with van der Waals surface area (Å²) in [6, 6.07) is 8.46. The number of carbonyl (C=O) groups excluding carboxylic acids is 1. The van der Waals surface area contributed by atoms with Gasteiger partial charge in [0.25, 0.3) is 0 Å². The van der Waals surface area contributed by atoms with Crippen LogP contribution in [0.15, 0.2) is 24.3 Å². The molecule has 18 heavy (non-hydrogen) atoms. The van der Waals surface area contributed by atoms with Crippen LogP contribution >= 0.6 is 0 Å². The number of hydrogen-bond donors (Lipinski definition) is 1. The molecule has 4 heteroatoms. The first kappa shape index (κ1) is 11.7. The van der Waals surface area contributed by atoms with E-state index in [1.54, 1.807) is 0 Å². The van der Waals surface area contributed by atoms with Gasteiger partial charge in [0.2, 0.25) is 5.91 Å². The lowest BCUT2D eigenvalue weighted by molar-refractivity contribution is -0.156. The van der Waals surface area contributed by atoms with Gasteiger partial charge in [0, 0.05) is 13.1 Å². The van der Waals surface area contributed by atoms with Gasteiger partial charge in [-0.1, -0.05) is 31.2 Å². The lowest BCUT2D eigenvalue weighted by atomic mass is 9.96. The quantitative estimate of drug-likeness (QED) is 0.841. The maximum atomic E-state index is 11.9. The van der Waals surface area contributed by atoms with Crippen LogP contribution in [0.5, 0.6) is 0 Å². The third-order valence-electron chi connectivity index (χ3n) is 3.89. The number of amides is 1. The highest BCUT2D eigenvalue weighted by atomic mass is 16.5. The average Bonchev–Trinajstić information content (AvgIpc) is 2.85. The molecule has 0 spiro atoms. The molecule has 0 aromatic heterocycles. The van der Waals surface area contributed by atoms with Crippen molar-refractivity contribution in [2.75, 3.05) is 26.3 Å². The summed E-state index contributed by atoms with van der Waals surface area (Å²) in [6.07, 6.45) is 1.03. The number of aryl methyl sites for hydroxylation is 1. The van der Waals surface area contributed by atoms with E-state index in [0.717, 1.165) is 25.1 Å². The fourth-order valence-electron chi connectivity index (χ4n) is 2.85. The number of benzene rings is 1. The van der Waals surface area contributed by atoms with E-state index < -0.39 is 5.66 Å². The molecule has 2 aliphatic heterocycles. The molecule has 2 fully saturated rings. The lowest BCUT2D eigenvalue weighted by Gasteiger charge is -2.41. The molecule has 0 saturated carbocycles. The SMILES string of the molecule is CCc1ccc(C23COCC(=O)N2CCN3)cc1. The van der Waals surface area contributed by atoms with E-state index in [1.807, 2.05) is 4.90 Å². The van der Waals surface area contributed by atoms with Gasteiger partial charge >= 0.3 is 0 Å². The summed E-state index contributed by atoms with van der Waals surface area (Å²) in [6.45, 7) is 4.46. The number of nitrogens with zero attached hydrogens (tertiary/aromatic N) is 1. The largest absolute Gasteiger partial charge is 0.367 e. The maximum absolute atomic E-state index is 11.9. The summed E-state index contributed by atoms with van der Waals surface area (Å²) in [7, 11) is 0. The standard InChI is InChI=1S/C14H18N2O2/c1-2-11-3-5-12(6-4-11)14-10-18-9-13(17)16(14)8-7-15-14/h3-6,15H,2,7-10H2,1H3. The molecule has 0 bridgehead atoms. The summed E-state index contributed by atoms with van der Waals surface area (Å²) >= 11 is 0. The Kier molecular flexibility index (Phi) is 2.84. The molecule has 4 nitrogen and oxygen atoms in total. The zero-order valence-electron chi connectivity index (χ0n) is 10.6. The van der Waals surface area contributed by atoms with E-state index in [9.17, 15) is 4.79 Å². The third-order valence-corrected chi connectivity index (χ3v) is 3.89. The molecule has 3 rings (SSSR count). The molecule has 1 amide bonds. The second kappa shape index (κ2) is 4.37. The molecular weight excluding hydrogens is 228 g/mol. The Morgan fingerprint density at radius 2 is 2.17 bits per heavy atom. The predicted octanol–water partition coefficient (Wildman–Crippen LogP) is 0.864. The first-order valence-electron chi connectivity index (χ1n) is 6.49. The summed E-state index contributed by atoms with van der Waals surface area (Å²) in [5, 5.41) is 3.44. The number of nitrogens with one attached hydrogen (secondary N) is 1. The van der Waals surface area contributed by atoms with Gasteiger partial charge in [-0.2, -0.15) is 0 Å². The zero-order chi connectivity index (χ0) is 12.6. The van der Waals surface area contributed by atoms with Crippen LogP contribution in [0, 0.1) is 0 Å². The molecular formula is C14H18N2O2. The minimum atomic E-state index is -0.443. The van der Waals surface area contributed by atoms with Crippen molar-refractivity contribution in [3.63, 3.8) is 0 Å². The second-order valence-electron chi connectivity index (χ2n) is 4.88. The minimum absolute atomic E-state index is 0.0748. The summed E-state index contributed by atoms with van der Waals surface area (Å²) in [5.41, 5.74) is 1.98. The molecule has 1 unspecified atom stereocenters.